The predicted octanol–water partition coefficient (Wildman–Crippen LogP) is 3.27. The molecule has 1 aromatic carbocycles. The zero-order valence-corrected chi connectivity index (χ0v) is 10.7. The van der Waals surface area contributed by atoms with Gasteiger partial charge < -0.3 is 5.32 Å². The van der Waals surface area contributed by atoms with Crippen molar-refractivity contribution in [2.45, 2.75) is 6.92 Å². The zero-order valence-electron chi connectivity index (χ0n) is 8.54. The zero-order chi connectivity index (χ0) is 11.5. The fraction of sp³-hybridized carbons (Fsp3) is 0.0909. The number of hydrogen-bond acceptors (Lipinski definition) is 3. The third kappa shape index (κ3) is 2.46. The summed E-state index contributed by atoms with van der Waals surface area (Å²) in [4.78, 5) is 7.92. The number of nitrogens with one attached hydrogen (secondary N) is 1. The molecule has 2 aromatic rings. The molecule has 0 aliphatic carbocycles. The molecule has 0 radical (unpaired) electrons. The lowest BCUT2D eigenvalue weighted by molar-refractivity contribution is 0.631. The Morgan fingerprint density at radius 2 is 2.19 bits per heavy atom. The van der Waals surface area contributed by atoms with Gasteiger partial charge in [-0.15, -0.1) is 0 Å². The van der Waals surface area contributed by atoms with Gasteiger partial charge in [0.1, 0.15) is 18.0 Å². The summed E-state index contributed by atoms with van der Waals surface area (Å²) in [6, 6.07) is 4.91. The monoisotopic (exact) mass is 329 g/mol. The quantitative estimate of drug-likeness (QED) is 0.860. The van der Waals surface area contributed by atoms with Crippen LogP contribution in [0.3, 0.4) is 0 Å². The molecule has 5 heteroatoms. The summed E-state index contributed by atoms with van der Waals surface area (Å²) >= 11 is 2.10. The summed E-state index contributed by atoms with van der Waals surface area (Å²) in [5.41, 5.74) is 1.42. The van der Waals surface area contributed by atoms with E-state index >= 15 is 0 Å². The molecule has 0 saturated carbocycles. The van der Waals surface area contributed by atoms with Crippen LogP contribution in [0, 0.1) is 16.3 Å². The summed E-state index contributed by atoms with van der Waals surface area (Å²) in [7, 11) is 0. The van der Waals surface area contributed by atoms with Crippen molar-refractivity contribution in [3.63, 3.8) is 0 Å². The smallest absolute Gasteiger partial charge is 0.147 e. The van der Waals surface area contributed by atoms with E-state index in [0.717, 1.165) is 9.13 Å². The van der Waals surface area contributed by atoms with Crippen molar-refractivity contribution in [1.82, 2.24) is 9.97 Å². The second-order valence-electron chi connectivity index (χ2n) is 3.33. The molecule has 0 fully saturated rings. The largest absolute Gasteiger partial charge is 0.337 e. The molecule has 0 spiro atoms. The van der Waals surface area contributed by atoms with Crippen LogP contribution in [-0.4, -0.2) is 9.97 Å². The standard InChI is InChI=1S/C11H9FIN3/c1-7-2-3-8(12)10(4-7)16-11-9(13)5-14-6-15-11/h2-6H,1H3,(H,14,15,16). The number of halogens is 2. The molecule has 1 aromatic heterocycles. The van der Waals surface area contributed by atoms with Gasteiger partial charge in [-0.25, -0.2) is 14.4 Å². The Hall–Kier alpha value is -1.24. The highest BCUT2D eigenvalue weighted by Crippen LogP contribution is 2.22. The number of rotatable bonds is 2. The van der Waals surface area contributed by atoms with Crippen LogP contribution in [-0.2, 0) is 0 Å². The molecule has 16 heavy (non-hydrogen) atoms. The second kappa shape index (κ2) is 4.73. The minimum absolute atomic E-state index is 0.292. The van der Waals surface area contributed by atoms with Gasteiger partial charge in [-0.05, 0) is 47.2 Å². The van der Waals surface area contributed by atoms with E-state index in [1.54, 1.807) is 18.3 Å². The van der Waals surface area contributed by atoms with Gasteiger partial charge in [0.2, 0.25) is 0 Å². The molecule has 1 N–H and O–H groups in total. The van der Waals surface area contributed by atoms with Crippen LogP contribution in [0.4, 0.5) is 15.9 Å². The van der Waals surface area contributed by atoms with Gasteiger partial charge in [0.05, 0.1) is 9.26 Å². The van der Waals surface area contributed by atoms with E-state index in [0.29, 0.717) is 11.5 Å². The summed E-state index contributed by atoms with van der Waals surface area (Å²) in [5.74, 6) is 0.320. The minimum atomic E-state index is -0.292. The van der Waals surface area contributed by atoms with Gasteiger partial charge in [0, 0.05) is 6.20 Å². The predicted molar refractivity (Wildman–Crippen MR) is 69.2 cm³/mol. The Morgan fingerprint density at radius 1 is 1.38 bits per heavy atom. The maximum absolute atomic E-state index is 13.5. The summed E-state index contributed by atoms with van der Waals surface area (Å²) in [6.07, 6.45) is 3.10. The Bertz CT molecular complexity index is 516. The van der Waals surface area contributed by atoms with Gasteiger partial charge in [0.15, 0.2) is 0 Å². The molecule has 0 aliphatic rings. The van der Waals surface area contributed by atoms with Crippen LogP contribution in [0.25, 0.3) is 0 Å². The van der Waals surface area contributed by atoms with E-state index in [4.69, 9.17) is 0 Å². The van der Waals surface area contributed by atoms with Crippen LogP contribution in [0.2, 0.25) is 0 Å². The molecule has 0 bridgehead atoms. The summed E-state index contributed by atoms with van der Waals surface area (Å²) in [5, 5.41) is 2.95. The van der Waals surface area contributed by atoms with Gasteiger partial charge in [-0.3, -0.25) is 0 Å². The van der Waals surface area contributed by atoms with Crippen molar-refractivity contribution in [2.24, 2.45) is 0 Å². The Kier molecular flexibility index (Phi) is 3.33. The number of hydrogen-bond donors (Lipinski definition) is 1. The van der Waals surface area contributed by atoms with Gasteiger partial charge in [-0.1, -0.05) is 6.07 Å². The van der Waals surface area contributed by atoms with Crippen LogP contribution in [0.5, 0.6) is 0 Å². The first-order valence-electron chi connectivity index (χ1n) is 4.65. The Labute approximate surface area is 106 Å². The minimum Gasteiger partial charge on any atom is -0.337 e. The first kappa shape index (κ1) is 11.3. The van der Waals surface area contributed by atoms with E-state index in [9.17, 15) is 4.39 Å². The second-order valence-corrected chi connectivity index (χ2v) is 4.49. The Morgan fingerprint density at radius 3 is 2.94 bits per heavy atom. The van der Waals surface area contributed by atoms with E-state index in [-0.39, 0.29) is 5.82 Å². The molecule has 2 rings (SSSR count). The lowest BCUT2D eigenvalue weighted by Gasteiger charge is -2.08. The maximum atomic E-state index is 13.5. The first-order chi connectivity index (χ1) is 7.66. The highest BCUT2D eigenvalue weighted by molar-refractivity contribution is 14.1. The highest BCUT2D eigenvalue weighted by Gasteiger charge is 2.05. The Balaban J connectivity index is 2.34. The molecule has 0 amide bonds. The van der Waals surface area contributed by atoms with Crippen molar-refractivity contribution in [1.29, 1.82) is 0 Å². The van der Waals surface area contributed by atoms with Crippen molar-refractivity contribution < 1.29 is 4.39 Å². The third-order valence-corrected chi connectivity index (χ3v) is 2.83. The number of aromatic nitrogens is 2. The third-order valence-electron chi connectivity index (χ3n) is 2.04. The molecule has 82 valence electrons. The lowest BCUT2D eigenvalue weighted by atomic mass is 10.2. The van der Waals surface area contributed by atoms with Gasteiger partial charge in [0.25, 0.3) is 0 Å². The van der Waals surface area contributed by atoms with Gasteiger partial charge >= 0.3 is 0 Å². The molecule has 0 aliphatic heterocycles. The fourth-order valence-corrected chi connectivity index (χ4v) is 1.70. The topological polar surface area (TPSA) is 37.8 Å². The van der Waals surface area contributed by atoms with E-state index < -0.39 is 0 Å². The van der Waals surface area contributed by atoms with Crippen molar-refractivity contribution in [3.05, 3.63) is 45.7 Å². The van der Waals surface area contributed by atoms with Crippen molar-refractivity contribution in [3.8, 4) is 0 Å². The molecule has 0 unspecified atom stereocenters. The number of aryl methyl sites for hydroxylation is 1. The van der Waals surface area contributed by atoms with Gasteiger partial charge in [-0.2, -0.15) is 0 Å². The normalized spacial score (nSPS) is 10.2. The van der Waals surface area contributed by atoms with Crippen LogP contribution >= 0.6 is 22.6 Å². The summed E-state index contributed by atoms with van der Waals surface area (Å²) < 4.78 is 14.3. The van der Waals surface area contributed by atoms with Crippen molar-refractivity contribution in [2.75, 3.05) is 5.32 Å². The molecular weight excluding hydrogens is 320 g/mol. The average molecular weight is 329 g/mol. The molecule has 0 saturated heterocycles. The van der Waals surface area contributed by atoms with E-state index in [1.165, 1.54) is 12.4 Å². The van der Waals surface area contributed by atoms with Crippen LogP contribution in [0.1, 0.15) is 5.56 Å². The van der Waals surface area contributed by atoms with E-state index in [2.05, 4.69) is 37.9 Å². The SMILES string of the molecule is Cc1ccc(F)c(Nc2ncncc2I)c1. The number of nitrogens with zero attached hydrogens (tertiary/aromatic N) is 2. The van der Waals surface area contributed by atoms with E-state index in [1.807, 2.05) is 6.92 Å². The first-order valence-corrected chi connectivity index (χ1v) is 5.73. The summed E-state index contributed by atoms with van der Waals surface area (Å²) in [6.45, 7) is 1.91. The number of anilines is 2. The maximum Gasteiger partial charge on any atom is 0.147 e. The average Bonchev–Trinajstić information content (AvgIpc) is 2.27. The highest BCUT2D eigenvalue weighted by atomic mass is 127. The molecule has 0 atom stereocenters. The molecule has 3 nitrogen and oxygen atoms in total. The van der Waals surface area contributed by atoms with Crippen molar-refractivity contribution >= 4 is 34.1 Å². The fourth-order valence-electron chi connectivity index (χ4n) is 1.27. The molecular formula is C11H9FIN3. The van der Waals surface area contributed by atoms with Crippen LogP contribution in [0.15, 0.2) is 30.7 Å². The lowest BCUT2D eigenvalue weighted by Crippen LogP contribution is -1.99. The van der Waals surface area contributed by atoms with Crippen LogP contribution < -0.4 is 5.32 Å². The molecule has 1 heterocycles. The number of benzene rings is 1.